The quantitative estimate of drug-likeness (QED) is 0.786. The van der Waals surface area contributed by atoms with Gasteiger partial charge >= 0.3 is 0 Å². The molecule has 1 unspecified atom stereocenters. The molecule has 0 saturated heterocycles. The molecule has 3 rings (SSSR count). The lowest BCUT2D eigenvalue weighted by atomic mass is 10.0. The molecule has 0 fully saturated rings. The fourth-order valence-electron chi connectivity index (χ4n) is 2.65. The zero-order valence-electron chi connectivity index (χ0n) is 11.8. The number of hydrogen-bond acceptors (Lipinski definition) is 2. The molecular weight excluding hydrogens is 328 g/mol. The van der Waals surface area contributed by atoms with Crippen molar-refractivity contribution in [3.05, 3.63) is 64.3 Å². The van der Waals surface area contributed by atoms with Gasteiger partial charge in [0.15, 0.2) is 0 Å². The number of halogens is 1. The third-order valence-corrected chi connectivity index (χ3v) is 4.45. The lowest BCUT2D eigenvalue weighted by Crippen LogP contribution is -2.15. The van der Waals surface area contributed by atoms with Crippen LogP contribution in [0.1, 0.15) is 11.3 Å². The van der Waals surface area contributed by atoms with Gasteiger partial charge < -0.3 is 5.11 Å². The van der Waals surface area contributed by atoms with Crippen LogP contribution in [0.25, 0.3) is 10.9 Å². The van der Waals surface area contributed by atoms with E-state index in [0.29, 0.717) is 12.8 Å². The zero-order chi connectivity index (χ0) is 14.8. The van der Waals surface area contributed by atoms with Gasteiger partial charge in [0.05, 0.1) is 17.3 Å². The predicted molar refractivity (Wildman–Crippen MR) is 88.3 cm³/mol. The molecule has 0 aliphatic heterocycles. The molecule has 1 atom stereocenters. The zero-order valence-corrected chi connectivity index (χ0v) is 13.4. The van der Waals surface area contributed by atoms with E-state index in [0.717, 1.165) is 26.6 Å². The van der Waals surface area contributed by atoms with Crippen LogP contribution >= 0.6 is 15.9 Å². The standard InChI is InChI=1S/C17H17BrN2O/c1-20-17-9-5-3-7-14(17)16(19-20)11-13(21)10-12-6-2-4-8-15(12)18/h2-9,13,21H,10-11H2,1H3. The van der Waals surface area contributed by atoms with Crippen molar-refractivity contribution in [2.24, 2.45) is 7.05 Å². The molecule has 4 heteroatoms. The van der Waals surface area contributed by atoms with Crippen LogP contribution in [-0.2, 0) is 19.9 Å². The Kier molecular flexibility index (Phi) is 4.08. The molecular formula is C17H17BrN2O. The highest BCUT2D eigenvalue weighted by atomic mass is 79.9. The minimum Gasteiger partial charge on any atom is -0.392 e. The second kappa shape index (κ2) is 6.00. The summed E-state index contributed by atoms with van der Waals surface area (Å²) in [6, 6.07) is 16.1. The van der Waals surface area contributed by atoms with Crippen molar-refractivity contribution in [1.82, 2.24) is 9.78 Å². The first-order chi connectivity index (χ1) is 10.1. The van der Waals surface area contributed by atoms with Crippen molar-refractivity contribution >= 4 is 26.8 Å². The third-order valence-electron chi connectivity index (χ3n) is 3.68. The Hall–Kier alpha value is -1.65. The Morgan fingerprint density at radius 2 is 1.81 bits per heavy atom. The molecule has 2 aromatic carbocycles. The van der Waals surface area contributed by atoms with Gasteiger partial charge in [-0.05, 0) is 24.1 Å². The van der Waals surface area contributed by atoms with E-state index in [1.165, 1.54) is 0 Å². The number of hydrogen-bond donors (Lipinski definition) is 1. The molecule has 3 aromatic rings. The molecule has 108 valence electrons. The van der Waals surface area contributed by atoms with E-state index in [1.54, 1.807) is 0 Å². The summed E-state index contributed by atoms with van der Waals surface area (Å²) in [7, 11) is 1.94. The molecule has 0 amide bonds. The second-order valence-electron chi connectivity index (χ2n) is 5.24. The van der Waals surface area contributed by atoms with Crippen LogP contribution in [0.3, 0.4) is 0 Å². The number of benzene rings is 2. The monoisotopic (exact) mass is 344 g/mol. The van der Waals surface area contributed by atoms with Gasteiger partial charge in [0.1, 0.15) is 0 Å². The molecule has 0 bridgehead atoms. The summed E-state index contributed by atoms with van der Waals surface area (Å²) in [5, 5.41) is 16.0. The molecule has 0 aliphatic carbocycles. The lowest BCUT2D eigenvalue weighted by Gasteiger charge is -2.10. The van der Waals surface area contributed by atoms with Gasteiger partial charge in [-0.25, -0.2) is 0 Å². The van der Waals surface area contributed by atoms with E-state index in [2.05, 4.69) is 27.1 Å². The minimum atomic E-state index is -0.443. The van der Waals surface area contributed by atoms with Gasteiger partial charge in [0.25, 0.3) is 0 Å². The number of fused-ring (bicyclic) bond motifs is 1. The van der Waals surface area contributed by atoms with Gasteiger partial charge in [-0.15, -0.1) is 0 Å². The number of aromatic nitrogens is 2. The summed E-state index contributed by atoms with van der Waals surface area (Å²) in [6.45, 7) is 0. The molecule has 0 saturated carbocycles. The maximum Gasteiger partial charge on any atom is 0.0729 e. The summed E-state index contributed by atoms with van der Waals surface area (Å²) in [5.74, 6) is 0. The summed E-state index contributed by atoms with van der Waals surface area (Å²) in [6.07, 6.45) is 0.733. The van der Waals surface area contributed by atoms with Crippen LogP contribution in [-0.4, -0.2) is 21.0 Å². The highest BCUT2D eigenvalue weighted by Gasteiger charge is 2.14. The minimum absolute atomic E-state index is 0.443. The first-order valence-corrected chi connectivity index (χ1v) is 7.76. The average molecular weight is 345 g/mol. The number of aryl methyl sites for hydroxylation is 1. The van der Waals surface area contributed by atoms with Crippen LogP contribution < -0.4 is 0 Å². The summed E-state index contributed by atoms with van der Waals surface area (Å²) in [5.41, 5.74) is 3.17. The van der Waals surface area contributed by atoms with E-state index in [4.69, 9.17) is 0 Å². The average Bonchev–Trinajstić information content (AvgIpc) is 2.79. The van der Waals surface area contributed by atoms with Crippen molar-refractivity contribution in [3.8, 4) is 0 Å². The topological polar surface area (TPSA) is 38.0 Å². The Morgan fingerprint density at radius 1 is 1.10 bits per heavy atom. The highest BCUT2D eigenvalue weighted by Crippen LogP contribution is 2.21. The summed E-state index contributed by atoms with van der Waals surface area (Å²) in [4.78, 5) is 0. The molecule has 3 nitrogen and oxygen atoms in total. The molecule has 21 heavy (non-hydrogen) atoms. The Labute approximate surface area is 132 Å². The summed E-state index contributed by atoms with van der Waals surface area (Å²) >= 11 is 3.52. The fourth-order valence-corrected chi connectivity index (χ4v) is 3.10. The second-order valence-corrected chi connectivity index (χ2v) is 6.10. The van der Waals surface area contributed by atoms with Crippen molar-refractivity contribution in [2.45, 2.75) is 18.9 Å². The van der Waals surface area contributed by atoms with Crippen LogP contribution in [0.2, 0.25) is 0 Å². The van der Waals surface area contributed by atoms with E-state index >= 15 is 0 Å². The molecule has 1 heterocycles. The number of aliphatic hydroxyl groups is 1. The fraction of sp³-hybridized carbons (Fsp3) is 0.235. The van der Waals surface area contributed by atoms with E-state index < -0.39 is 6.10 Å². The van der Waals surface area contributed by atoms with Crippen LogP contribution in [0.4, 0.5) is 0 Å². The van der Waals surface area contributed by atoms with Gasteiger partial charge in [-0.3, -0.25) is 4.68 Å². The number of rotatable bonds is 4. The lowest BCUT2D eigenvalue weighted by molar-refractivity contribution is 0.174. The van der Waals surface area contributed by atoms with E-state index in [9.17, 15) is 5.11 Å². The van der Waals surface area contributed by atoms with Crippen molar-refractivity contribution in [1.29, 1.82) is 0 Å². The predicted octanol–water partition coefficient (Wildman–Crippen LogP) is 3.48. The van der Waals surface area contributed by atoms with Gasteiger partial charge in [0.2, 0.25) is 0 Å². The third kappa shape index (κ3) is 3.01. The molecule has 1 N–H and O–H groups in total. The van der Waals surface area contributed by atoms with Gasteiger partial charge in [0, 0.05) is 23.3 Å². The normalized spacial score (nSPS) is 12.7. The molecule has 0 aliphatic rings. The smallest absolute Gasteiger partial charge is 0.0729 e. The van der Waals surface area contributed by atoms with Crippen molar-refractivity contribution in [2.75, 3.05) is 0 Å². The van der Waals surface area contributed by atoms with E-state index in [1.807, 2.05) is 54.2 Å². The van der Waals surface area contributed by atoms with Crippen molar-refractivity contribution in [3.63, 3.8) is 0 Å². The maximum atomic E-state index is 10.4. The first kappa shape index (κ1) is 14.3. The SMILES string of the molecule is Cn1nc(CC(O)Cc2ccccc2Br)c2ccccc21. The Balaban J connectivity index is 1.81. The number of para-hydroxylation sites is 1. The largest absolute Gasteiger partial charge is 0.392 e. The Morgan fingerprint density at radius 3 is 2.62 bits per heavy atom. The van der Waals surface area contributed by atoms with E-state index in [-0.39, 0.29) is 0 Å². The Bertz CT molecular complexity index is 766. The highest BCUT2D eigenvalue weighted by molar-refractivity contribution is 9.10. The molecule has 0 spiro atoms. The number of aliphatic hydroxyl groups excluding tert-OH is 1. The van der Waals surface area contributed by atoms with Crippen LogP contribution in [0, 0.1) is 0 Å². The number of nitrogens with zero attached hydrogens (tertiary/aromatic N) is 2. The molecule has 1 aromatic heterocycles. The van der Waals surface area contributed by atoms with Crippen LogP contribution in [0.15, 0.2) is 53.0 Å². The van der Waals surface area contributed by atoms with Gasteiger partial charge in [-0.2, -0.15) is 5.10 Å². The summed E-state index contributed by atoms with van der Waals surface area (Å²) < 4.78 is 2.91. The first-order valence-electron chi connectivity index (χ1n) is 6.97. The van der Waals surface area contributed by atoms with Crippen molar-refractivity contribution < 1.29 is 5.11 Å². The van der Waals surface area contributed by atoms with Gasteiger partial charge in [-0.1, -0.05) is 52.3 Å². The molecule has 0 radical (unpaired) electrons. The van der Waals surface area contributed by atoms with Crippen LogP contribution in [0.5, 0.6) is 0 Å². The maximum absolute atomic E-state index is 10.4.